The van der Waals surface area contributed by atoms with Crippen molar-refractivity contribution in [2.24, 2.45) is 0 Å². The van der Waals surface area contributed by atoms with Gasteiger partial charge >= 0.3 is 0 Å². The van der Waals surface area contributed by atoms with Gasteiger partial charge in [-0.2, -0.15) is 0 Å². The van der Waals surface area contributed by atoms with E-state index in [0.29, 0.717) is 16.5 Å². The molecule has 7 nitrogen and oxygen atoms in total. The van der Waals surface area contributed by atoms with Crippen LogP contribution in [-0.2, 0) is 6.54 Å². The van der Waals surface area contributed by atoms with Gasteiger partial charge in [0, 0.05) is 17.2 Å². The summed E-state index contributed by atoms with van der Waals surface area (Å²) >= 11 is 0. The number of nitro benzene ring substituents is 1. The molecule has 3 aromatic rings. The molecule has 0 saturated carbocycles. The summed E-state index contributed by atoms with van der Waals surface area (Å²) in [5.41, 5.74) is 0.769. The molecule has 24 heavy (non-hydrogen) atoms. The molecule has 120 valence electrons. The normalized spacial score (nSPS) is 10.7. The quantitative estimate of drug-likeness (QED) is 0.417. The van der Waals surface area contributed by atoms with Gasteiger partial charge in [0.2, 0.25) is 0 Å². The number of Topliss-reactive ketones (excluding diaryl/α,β-unsaturated/α-hetero) is 1. The van der Waals surface area contributed by atoms with E-state index in [1.807, 2.05) is 0 Å². The molecule has 0 radical (unpaired) electrons. The number of carbonyl (C=O) groups is 1. The number of nitrogens with zero attached hydrogens (tertiary/aromatic N) is 3. The van der Waals surface area contributed by atoms with E-state index in [1.54, 1.807) is 31.2 Å². The van der Waals surface area contributed by atoms with Crippen LogP contribution >= 0.6 is 0 Å². The molecule has 0 aliphatic heterocycles. The van der Waals surface area contributed by atoms with E-state index in [0.717, 1.165) is 0 Å². The van der Waals surface area contributed by atoms with Gasteiger partial charge in [0.05, 0.1) is 28.7 Å². The van der Waals surface area contributed by atoms with Crippen molar-refractivity contribution in [1.82, 2.24) is 9.55 Å². The molecule has 7 heteroatoms. The molecule has 0 amide bonds. The summed E-state index contributed by atoms with van der Waals surface area (Å²) in [6.45, 7) is 1.38. The fourth-order valence-corrected chi connectivity index (χ4v) is 2.44. The summed E-state index contributed by atoms with van der Waals surface area (Å²) in [6.07, 6.45) is 1.31. The molecular weight excluding hydrogens is 310 g/mol. The van der Waals surface area contributed by atoms with Crippen molar-refractivity contribution < 1.29 is 9.72 Å². The third kappa shape index (κ3) is 2.79. The van der Waals surface area contributed by atoms with Crippen LogP contribution < -0.4 is 5.56 Å². The van der Waals surface area contributed by atoms with Crippen molar-refractivity contribution in [3.05, 3.63) is 80.4 Å². The summed E-state index contributed by atoms with van der Waals surface area (Å²) in [7, 11) is 0. The Morgan fingerprint density at radius 1 is 1.25 bits per heavy atom. The van der Waals surface area contributed by atoms with E-state index in [-0.39, 0.29) is 23.4 Å². The van der Waals surface area contributed by atoms with E-state index in [4.69, 9.17) is 0 Å². The Morgan fingerprint density at radius 2 is 2.00 bits per heavy atom. The number of aromatic nitrogens is 2. The highest BCUT2D eigenvalue weighted by Crippen LogP contribution is 2.19. The van der Waals surface area contributed by atoms with E-state index in [2.05, 4.69) is 4.98 Å². The number of para-hydroxylation sites is 1. The van der Waals surface area contributed by atoms with Crippen molar-refractivity contribution in [3.63, 3.8) is 0 Å². The van der Waals surface area contributed by atoms with Gasteiger partial charge in [0.25, 0.3) is 11.2 Å². The molecule has 0 N–H and O–H groups in total. The predicted octanol–water partition coefficient (Wildman–Crippen LogP) is 2.50. The molecular formula is C17H13N3O4. The van der Waals surface area contributed by atoms with Crippen LogP contribution in [-0.4, -0.2) is 20.3 Å². The first-order chi connectivity index (χ1) is 11.5. The Balaban J connectivity index is 1.96. The Hall–Kier alpha value is -3.35. The van der Waals surface area contributed by atoms with Gasteiger partial charge in [0.15, 0.2) is 5.78 Å². The molecule has 0 bridgehead atoms. The smallest absolute Gasteiger partial charge is 0.273 e. The first kappa shape index (κ1) is 15.5. The lowest BCUT2D eigenvalue weighted by Crippen LogP contribution is -2.24. The van der Waals surface area contributed by atoms with Gasteiger partial charge in [-0.05, 0) is 19.1 Å². The number of hydrogen-bond acceptors (Lipinski definition) is 5. The highest BCUT2D eigenvalue weighted by molar-refractivity contribution is 5.96. The Kier molecular flexibility index (Phi) is 3.91. The first-order valence-electron chi connectivity index (χ1n) is 7.20. The van der Waals surface area contributed by atoms with Crippen LogP contribution in [0, 0.1) is 17.0 Å². The van der Waals surface area contributed by atoms with Crippen molar-refractivity contribution in [2.75, 3.05) is 0 Å². The number of fused-ring (bicyclic) bond motifs is 1. The lowest BCUT2D eigenvalue weighted by atomic mass is 10.1. The summed E-state index contributed by atoms with van der Waals surface area (Å²) in [4.78, 5) is 39.4. The van der Waals surface area contributed by atoms with Gasteiger partial charge in [-0.3, -0.25) is 24.3 Å². The average Bonchev–Trinajstić information content (AvgIpc) is 2.57. The lowest BCUT2D eigenvalue weighted by molar-refractivity contribution is -0.385. The lowest BCUT2D eigenvalue weighted by Gasteiger charge is -2.06. The molecule has 1 aromatic heterocycles. The molecule has 3 rings (SSSR count). The number of hydrogen-bond donors (Lipinski definition) is 0. The number of ketones is 1. The second-order valence-electron chi connectivity index (χ2n) is 5.38. The van der Waals surface area contributed by atoms with Crippen LogP contribution in [0.15, 0.2) is 53.6 Å². The Bertz CT molecular complexity index is 1020. The average molecular weight is 323 g/mol. The fourth-order valence-electron chi connectivity index (χ4n) is 2.44. The molecule has 0 aliphatic carbocycles. The fraction of sp³-hybridized carbons (Fsp3) is 0.118. The second kappa shape index (κ2) is 6.04. The maximum absolute atomic E-state index is 12.4. The van der Waals surface area contributed by atoms with Gasteiger partial charge in [-0.15, -0.1) is 0 Å². The zero-order valence-electron chi connectivity index (χ0n) is 12.8. The van der Waals surface area contributed by atoms with E-state index in [1.165, 1.54) is 29.1 Å². The number of aryl methyl sites for hydroxylation is 1. The minimum absolute atomic E-state index is 0.121. The molecule has 0 aliphatic rings. The monoisotopic (exact) mass is 323 g/mol. The summed E-state index contributed by atoms with van der Waals surface area (Å²) in [6, 6.07) is 11.1. The van der Waals surface area contributed by atoms with Gasteiger partial charge < -0.3 is 0 Å². The molecule has 2 aromatic carbocycles. The summed E-state index contributed by atoms with van der Waals surface area (Å²) < 4.78 is 1.20. The van der Waals surface area contributed by atoms with Gasteiger partial charge in [-0.25, -0.2) is 4.98 Å². The zero-order valence-corrected chi connectivity index (χ0v) is 12.8. The largest absolute Gasteiger partial charge is 0.292 e. The maximum Gasteiger partial charge on any atom is 0.273 e. The maximum atomic E-state index is 12.4. The number of carbonyl (C=O) groups excluding carboxylic acids is 1. The van der Waals surface area contributed by atoms with Gasteiger partial charge in [-0.1, -0.05) is 24.3 Å². The number of benzene rings is 2. The van der Waals surface area contributed by atoms with Crippen LogP contribution in [0.4, 0.5) is 5.69 Å². The highest BCUT2D eigenvalue weighted by atomic mass is 16.6. The third-order valence-electron chi connectivity index (χ3n) is 3.77. The minimum atomic E-state index is -0.532. The van der Waals surface area contributed by atoms with Crippen LogP contribution in [0.2, 0.25) is 0 Å². The highest BCUT2D eigenvalue weighted by Gasteiger charge is 2.16. The zero-order chi connectivity index (χ0) is 17.3. The molecule has 0 saturated heterocycles. The topological polar surface area (TPSA) is 95.1 Å². The Morgan fingerprint density at radius 3 is 2.75 bits per heavy atom. The van der Waals surface area contributed by atoms with Gasteiger partial charge in [0.1, 0.15) is 0 Å². The van der Waals surface area contributed by atoms with Crippen LogP contribution in [0.25, 0.3) is 10.9 Å². The third-order valence-corrected chi connectivity index (χ3v) is 3.77. The predicted molar refractivity (Wildman–Crippen MR) is 88.2 cm³/mol. The molecule has 0 spiro atoms. The Labute approximate surface area is 136 Å². The number of nitro groups is 1. The van der Waals surface area contributed by atoms with E-state index < -0.39 is 10.7 Å². The SMILES string of the molecule is Cc1ccc(C(=O)Cn2cnc3ccccc3c2=O)cc1[N+](=O)[O-]. The van der Waals surface area contributed by atoms with Crippen LogP contribution in [0.1, 0.15) is 15.9 Å². The van der Waals surface area contributed by atoms with E-state index in [9.17, 15) is 19.7 Å². The summed E-state index contributed by atoms with van der Waals surface area (Å²) in [5, 5.41) is 11.4. The number of rotatable bonds is 4. The standard InChI is InChI=1S/C17H13N3O4/c1-11-6-7-12(8-15(11)20(23)24)16(21)9-19-10-18-14-5-3-2-4-13(14)17(19)22/h2-8,10H,9H2,1H3. The summed E-state index contributed by atoms with van der Waals surface area (Å²) in [5.74, 6) is -0.391. The van der Waals surface area contributed by atoms with Crippen LogP contribution in [0.3, 0.4) is 0 Å². The van der Waals surface area contributed by atoms with Crippen molar-refractivity contribution >= 4 is 22.4 Å². The van der Waals surface area contributed by atoms with Crippen molar-refractivity contribution in [2.45, 2.75) is 13.5 Å². The molecule has 0 fully saturated rings. The van der Waals surface area contributed by atoms with E-state index >= 15 is 0 Å². The van der Waals surface area contributed by atoms with Crippen molar-refractivity contribution in [1.29, 1.82) is 0 Å². The molecule has 0 unspecified atom stereocenters. The first-order valence-corrected chi connectivity index (χ1v) is 7.20. The second-order valence-corrected chi connectivity index (χ2v) is 5.38. The van der Waals surface area contributed by atoms with Crippen LogP contribution in [0.5, 0.6) is 0 Å². The molecule has 0 atom stereocenters. The molecule has 1 heterocycles. The minimum Gasteiger partial charge on any atom is -0.292 e. The van der Waals surface area contributed by atoms with Crippen molar-refractivity contribution in [3.8, 4) is 0 Å².